The number of nitrogens with one attached hydrogen (secondary N) is 3. The van der Waals surface area contributed by atoms with E-state index in [-0.39, 0.29) is 51.9 Å². The topological polar surface area (TPSA) is 147 Å². The van der Waals surface area contributed by atoms with Crippen molar-refractivity contribution in [2.45, 2.75) is 12.8 Å². The van der Waals surface area contributed by atoms with Crippen LogP contribution in [0, 0.1) is 11.7 Å². The highest BCUT2D eigenvalue weighted by Gasteiger charge is 2.30. The van der Waals surface area contributed by atoms with Crippen molar-refractivity contribution in [3.05, 3.63) is 41.5 Å². The summed E-state index contributed by atoms with van der Waals surface area (Å²) in [7, 11) is 4.96. The van der Waals surface area contributed by atoms with Gasteiger partial charge in [-0.15, -0.1) is 10.2 Å². The van der Waals surface area contributed by atoms with Crippen LogP contribution in [0.3, 0.4) is 0 Å². The van der Waals surface area contributed by atoms with Crippen LogP contribution < -0.4 is 20.7 Å². The molecule has 2 aliphatic rings. The third-order valence-corrected chi connectivity index (χ3v) is 7.01. The number of carbonyl (C=O) groups is 3. The van der Waals surface area contributed by atoms with Crippen LogP contribution in [0.25, 0.3) is 11.3 Å². The number of rotatable bonds is 8. The SMILES string of the molecule is [2H]C([2H])([2H])NC(=O)c1nnc(NC(=O)C2CC2)cc1Nc1cc(F)cc(-c2cc(C(=O)N3CCN(C)CC3)n(C)n2)c1OC. The molecule has 0 atom stereocenters. The highest BCUT2D eigenvalue weighted by Crippen LogP contribution is 2.39. The molecule has 5 rings (SSSR count). The molecule has 1 saturated heterocycles. The van der Waals surface area contributed by atoms with E-state index in [0.717, 1.165) is 32.0 Å². The van der Waals surface area contributed by atoms with Crippen molar-refractivity contribution in [1.29, 1.82) is 0 Å². The summed E-state index contributed by atoms with van der Waals surface area (Å²) < 4.78 is 44.4. The van der Waals surface area contributed by atoms with Gasteiger partial charge in [0.05, 0.1) is 24.2 Å². The molecule has 0 spiro atoms. The van der Waals surface area contributed by atoms with Crippen LogP contribution in [0.15, 0.2) is 24.3 Å². The zero-order valence-corrected chi connectivity index (χ0v) is 22.8. The van der Waals surface area contributed by atoms with Crippen molar-refractivity contribution < 1.29 is 27.6 Å². The predicted octanol–water partition coefficient (Wildman–Crippen LogP) is 1.86. The van der Waals surface area contributed by atoms with Crippen molar-refractivity contribution >= 4 is 34.9 Å². The Morgan fingerprint density at radius 1 is 1.05 bits per heavy atom. The Bertz CT molecular complexity index is 1600. The molecule has 41 heavy (non-hydrogen) atoms. The normalized spacial score (nSPS) is 16.8. The average molecular weight is 569 g/mol. The summed E-state index contributed by atoms with van der Waals surface area (Å²) in [5.41, 5.74) is 0.320. The smallest absolute Gasteiger partial charge is 0.273 e. The molecule has 1 aliphatic carbocycles. The van der Waals surface area contributed by atoms with E-state index in [1.165, 1.54) is 23.9 Å². The number of nitrogens with zero attached hydrogens (tertiary/aromatic N) is 6. The number of methoxy groups -OCH3 is 1. The minimum Gasteiger partial charge on any atom is -0.494 e. The lowest BCUT2D eigenvalue weighted by atomic mass is 10.1. The molecule has 3 heterocycles. The van der Waals surface area contributed by atoms with Crippen molar-refractivity contribution in [3.8, 4) is 17.0 Å². The molecule has 0 radical (unpaired) electrons. The van der Waals surface area contributed by atoms with Crippen LogP contribution >= 0.6 is 0 Å². The van der Waals surface area contributed by atoms with E-state index in [9.17, 15) is 14.4 Å². The number of carbonyl (C=O) groups excluding carboxylic acids is 3. The van der Waals surface area contributed by atoms with E-state index >= 15 is 4.39 Å². The first-order chi connectivity index (χ1) is 20.8. The van der Waals surface area contributed by atoms with Crippen LogP contribution in [-0.2, 0) is 11.8 Å². The second-order valence-electron chi connectivity index (χ2n) is 10.0. The molecule has 0 bridgehead atoms. The average Bonchev–Trinajstić information content (AvgIpc) is 3.73. The molecule has 3 aromatic rings. The van der Waals surface area contributed by atoms with Gasteiger partial charge in [-0.2, -0.15) is 5.10 Å². The van der Waals surface area contributed by atoms with Crippen LogP contribution in [0.2, 0.25) is 0 Å². The Hall–Kier alpha value is -4.59. The second-order valence-corrected chi connectivity index (χ2v) is 10.0. The van der Waals surface area contributed by atoms with Gasteiger partial charge in [-0.1, -0.05) is 0 Å². The van der Waals surface area contributed by atoms with E-state index in [2.05, 4.69) is 30.8 Å². The quantitative estimate of drug-likeness (QED) is 0.371. The van der Waals surface area contributed by atoms with Gasteiger partial charge in [-0.3, -0.25) is 19.1 Å². The van der Waals surface area contributed by atoms with E-state index in [1.807, 2.05) is 12.4 Å². The maximum absolute atomic E-state index is 15.1. The standard InChI is InChI=1S/C27H32FN9O4/c1-29-26(39)23-19(14-22(32-33-23)31-25(38)15-5-6-15)30-20-12-16(28)11-17(24(20)41-4)18-13-21(36(3)34-18)27(40)37-9-7-35(2)8-10-37/h11-15H,5-10H2,1-4H3,(H,29,39)(H2,30,31,32,38)/i1D3. The number of aromatic nitrogens is 4. The number of benzene rings is 1. The minimum absolute atomic E-state index is 0.00205. The maximum atomic E-state index is 15.1. The molecule has 2 fully saturated rings. The molecule has 3 amide bonds. The fourth-order valence-electron chi connectivity index (χ4n) is 4.56. The van der Waals surface area contributed by atoms with Crippen molar-refractivity contribution in [1.82, 2.24) is 35.1 Å². The molecule has 0 unspecified atom stereocenters. The Balaban J connectivity index is 1.50. The number of halogens is 1. The van der Waals surface area contributed by atoms with Gasteiger partial charge in [-0.25, -0.2) is 4.39 Å². The van der Waals surface area contributed by atoms with Crippen molar-refractivity contribution in [2.75, 3.05) is 57.9 Å². The lowest BCUT2D eigenvalue weighted by Gasteiger charge is -2.32. The highest BCUT2D eigenvalue weighted by atomic mass is 19.1. The number of likely N-dealkylation sites (N-methyl/N-ethyl adjacent to an activating group) is 1. The molecule has 1 saturated carbocycles. The van der Waals surface area contributed by atoms with E-state index in [4.69, 9.17) is 8.85 Å². The van der Waals surface area contributed by atoms with Gasteiger partial charge in [0.15, 0.2) is 17.3 Å². The van der Waals surface area contributed by atoms with E-state index in [1.54, 1.807) is 18.0 Å². The van der Waals surface area contributed by atoms with Gasteiger partial charge in [0.1, 0.15) is 11.5 Å². The zero-order chi connectivity index (χ0) is 31.8. The van der Waals surface area contributed by atoms with Crippen LogP contribution in [0.4, 0.5) is 21.6 Å². The Labute approximate surface area is 240 Å². The molecule has 1 aromatic carbocycles. The van der Waals surface area contributed by atoms with Crippen LogP contribution in [0.5, 0.6) is 5.75 Å². The summed E-state index contributed by atoms with van der Waals surface area (Å²) in [5.74, 6) is -2.28. The maximum Gasteiger partial charge on any atom is 0.273 e. The lowest BCUT2D eigenvalue weighted by Crippen LogP contribution is -2.47. The number of piperazine rings is 1. The van der Waals surface area contributed by atoms with Crippen LogP contribution in [0.1, 0.15) is 37.9 Å². The van der Waals surface area contributed by atoms with E-state index < -0.39 is 24.4 Å². The number of aryl methyl sites for hydroxylation is 1. The van der Waals surface area contributed by atoms with Gasteiger partial charge in [-0.05, 0) is 32.0 Å². The fraction of sp³-hybridized carbons (Fsp3) is 0.407. The number of ether oxygens (including phenoxy) is 1. The van der Waals surface area contributed by atoms with Gasteiger partial charge in [0.2, 0.25) is 5.91 Å². The molecular formula is C27H32FN9O4. The lowest BCUT2D eigenvalue weighted by molar-refractivity contribution is -0.117. The number of hydrogen-bond donors (Lipinski definition) is 3. The van der Waals surface area contributed by atoms with Gasteiger partial charge < -0.3 is 30.5 Å². The number of amides is 3. The molecule has 1 aliphatic heterocycles. The minimum atomic E-state index is -2.82. The summed E-state index contributed by atoms with van der Waals surface area (Å²) in [6.45, 7) is -0.213. The first-order valence-corrected chi connectivity index (χ1v) is 13.0. The van der Waals surface area contributed by atoms with Crippen molar-refractivity contribution in [2.24, 2.45) is 13.0 Å². The zero-order valence-electron chi connectivity index (χ0n) is 25.8. The summed E-state index contributed by atoms with van der Waals surface area (Å²) >= 11 is 0. The molecule has 216 valence electrons. The van der Waals surface area contributed by atoms with Gasteiger partial charge in [0.25, 0.3) is 11.8 Å². The third kappa shape index (κ3) is 5.96. The fourth-order valence-corrected chi connectivity index (χ4v) is 4.56. The van der Waals surface area contributed by atoms with Gasteiger partial charge in [0, 0.05) is 67.9 Å². The Morgan fingerprint density at radius 2 is 1.80 bits per heavy atom. The summed E-state index contributed by atoms with van der Waals surface area (Å²) in [5, 5.41) is 19.5. The Kier molecular flexibility index (Phi) is 6.79. The van der Waals surface area contributed by atoms with E-state index in [0.29, 0.717) is 18.8 Å². The summed E-state index contributed by atoms with van der Waals surface area (Å²) in [6.07, 6.45) is 1.48. The molecular weight excluding hydrogens is 533 g/mol. The summed E-state index contributed by atoms with van der Waals surface area (Å²) in [4.78, 5) is 42.3. The van der Waals surface area contributed by atoms with Gasteiger partial charge >= 0.3 is 0 Å². The molecule has 2 aromatic heterocycles. The highest BCUT2D eigenvalue weighted by molar-refractivity contribution is 6.00. The first kappa shape index (κ1) is 24.2. The third-order valence-electron chi connectivity index (χ3n) is 7.01. The Morgan fingerprint density at radius 3 is 2.49 bits per heavy atom. The second kappa shape index (κ2) is 11.5. The monoisotopic (exact) mass is 568 g/mol. The molecule has 14 heteroatoms. The van der Waals surface area contributed by atoms with Crippen LogP contribution in [-0.4, -0.2) is 94.8 Å². The predicted molar refractivity (Wildman–Crippen MR) is 149 cm³/mol. The molecule has 3 N–H and O–H groups in total. The largest absolute Gasteiger partial charge is 0.494 e. The number of hydrogen-bond acceptors (Lipinski definition) is 9. The number of anilines is 3. The van der Waals surface area contributed by atoms with Crippen molar-refractivity contribution in [3.63, 3.8) is 0 Å². The summed E-state index contributed by atoms with van der Waals surface area (Å²) in [6, 6.07) is 5.15. The molecule has 13 nitrogen and oxygen atoms in total. The first-order valence-electron chi connectivity index (χ1n) is 14.5.